The van der Waals surface area contributed by atoms with Crippen LogP contribution in [-0.4, -0.2) is 15.2 Å². The summed E-state index contributed by atoms with van der Waals surface area (Å²) in [6.45, 7) is 2.01. The van der Waals surface area contributed by atoms with Crippen LogP contribution in [0.3, 0.4) is 0 Å². The molecule has 1 N–H and O–H groups in total. The fourth-order valence-corrected chi connectivity index (χ4v) is 3.72. The van der Waals surface area contributed by atoms with Gasteiger partial charge in [-0.3, -0.25) is 4.79 Å². The van der Waals surface area contributed by atoms with Gasteiger partial charge in [0.25, 0.3) is 0 Å². The van der Waals surface area contributed by atoms with Crippen molar-refractivity contribution in [1.29, 1.82) is 0 Å². The van der Waals surface area contributed by atoms with Gasteiger partial charge in [-0.1, -0.05) is 51.1 Å². The predicted octanol–water partition coefficient (Wildman–Crippen LogP) is 3.33. The molecule has 0 spiro atoms. The van der Waals surface area contributed by atoms with Crippen molar-refractivity contribution >= 4 is 37.8 Å². The SMILES string of the molecule is CC1(C(=O)NC2CCCCC2)CC1(Br)Br. The van der Waals surface area contributed by atoms with Crippen LogP contribution in [-0.2, 0) is 4.79 Å². The van der Waals surface area contributed by atoms with E-state index in [4.69, 9.17) is 0 Å². The van der Waals surface area contributed by atoms with E-state index >= 15 is 0 Å². The fraction of sp³-hybridized carbons (Fsp3) is 0.909. The first-order valence-electron chi connectivity index (χ1n) is 5.64. The van der Waals surface area contributed by atoms with E-state index in [1.165, 1.54) is 19.3 Å². The van der Waals surface area contributed by atoms with Gasteiger partial charge in [0.05, 0.1) is 8.65 Å². The molecule has 0 aromatic carbocycles. The molecule has 2 fully saturated rings. The van der Waals surface area contributed by atoms with Gasteiger partial charge in [0.1, 0.15) is 0 Å². The minimum Gasteiger partial charge on any atom is -0.353 e. The van der Waals surface area contributed by atoms with Crippen molar-refractivity contribution in [3.05, 3.63) is 0 Å². The largest absolute Gasteiger partial charge is 0.353 e. The van der Waals surface area contributed by atoms with E-state index in [0.717, 1.165) is 19.3 Å². The molecule has 15 heavy (non-hydrogen) atoms. The number of hydrogen-bond donors (Lipinski definition) is 1. The molecule has 0 aromatic rings. The van der Waals surface area contributed by atoms with E-state index < -0.39 is 0 Å². The van der Waals surface area contributed by atoms with Gasteiger partial charge in [0, 0.05) is 6.04 Å². The molecular formula is C11H17Br2NO. The first-order valence-corrected chi connectivity index (χ1v) is 7.23. The molecule has 4 heteroatoms. The lowest BCUT2D eigenvalue weighted by Gasteiger charge is -2.25. The van der Waals surface area contributed by atoms with Crippen LogP contribution in [0.5, 0.6) is 0 Å². The summed E-state index contributed by atoms with van der Waals surface area (Å²) in [4.78, 5) is 12.0. The second-order valence-corrected chi connectivity index (χ2v) is 8.79. The van der Waals surface area contributed by atoms with Crippen molar-refractivity contribution in [3.8, 4) is 0 Å². The van der Waals surface area contributed by atoms with Crippen LogP contribution in [0.25, 0.3) is 0 Å². The maximum Gasteiger partial charge on any atom is 0.228 e. The summed E-state index contributed by atoms with van der Waals surface area (Å²) in [5.74, 6) is 0.197. The van der Waals surface area contributed by atoms with E-state index in [0.29, 0.717) is 6.04 Å². The normalized spacial score (nSPS) is 34.9. The van der Waals surface area contributed by atoms with Crippen molar-refractivity contribution in [2.24, 2.45) is 5.41 Å². The Labute approximate surface area is 108 Å². The quantitative estimate of drug-likeness (QED) is 0.769. The first-order chi connectivity index (χ1) is 6.96. The Balaban J connectivity index is 1.87. The zero-order chi connectivity index (χ0) is 11.1. The number of rotatable bonds is 2. The van der Waals surface area contributed by atoms with Crippen molar-refractivity contribution in [2.45, 2.75) is 54.7 Å². The molecule has 86 valence electrons. The monoisotopic (exact) mass is 337 g/mol. The van der Waals surface area contributed by atoms with Gasteiger partial charge in [0.2, 0.25) is 5.91 Å². The summed E-state index contributed by atoms with van der Waals surface area (Å²) in [6.07, 6.45) is 7.02. The van der Waals surface area contributed by atoms with Gasteiger partial charge in [0.15, 0.2) is 0 Å². The molecule has 0 aromatic heterocycles. The van der Waals surface area contributed by atoms with Crippen LogP contribution in [0.2, 0.25) is 0 Å². The maximum absolute atomic E-state index is 12.0. The fourth-order valence-electron chi connectivity index (χ4n) is 2.24. The van der Waals surface area contributed by atoms with Gasteiger partial charge >= 0.3 is 0 Å². The van der Waals surface area contributed by atoms with Crippen LogP contribution in [0.4, 0.5) is 0 Å². The number of carbonyl (C=O) groups is 1. The van der Waals surface area contributed by atoms with Crippen LogP contribution >= 0.6 is 31.9 Å². The topological polar surface area (TPSA) is 29.1 Å². The third-order valence-electron chi connectivity index (χ3n) is 3.70. The van der Waals surface area contributed by atoms with Crippen LogP contribution in [0, 0.1) is 5.41 Å². The van der Waals surface area contributed by atoms with E-state index in [-0.39, 0.29) is 14.6 Å². The van der Waals surface area contributed by atoms with E-state index in [9.17, 15) is 4.79 Å². The molecular weight excluding hydrogens is 322 g/mol. The second-order valence-electron chi connectivity index (χ2n) is 5.02. The number of nitrogens with one attached hydrogen (secondary N) is 1. The predicted molar refractivity (Wildman–Crippen MR) is 68.3 cm³/mol. The Morgan fingerprint density at radius 2 is 1.80 bits per heavy atom. The van der Waals surface area contributed by atoms with E-state index in [1.54, 1.807) is 0 Å². The Bertz CT molecular complexity index is 274. The van der Waals surface area contributed by atoms with Crippen molar-refractivity contribution < 1.29 is 4.79 Å². The minimum absolute atomic E-state index is 0.161. The molecule has 2 aliphatic rings. The summed E-state index contributed by atoms with van der Waals surface area (Å²) in [5.41, 5.74) is -0.259. The minimum atomic E-state index is -0.259. The summed E-state index contributed by atoms with van der Waals surface area (Å²) < 4.78 is -0.161. The number of amides is 1. The standard InChI is InChI=1S/C11H17Br2NO/c1-10(7-11(10,12)13)9(15)14-8-5-3-2-4-6-8/h8H,2-7H2,1H3,(H,14,15). The van der Waals surface area contributed by atoms with Gasteiger partial charge in [-0.25, -0.2) is 0 Å². The molecule has 0 bridgehead atoms. The lowest BCUT2D eigenvalue weighted by molar-refractivity contribution is -0.126. The summed E-state index contributed by atoms with van der Waals surface area (Å²) in [5, 5.41) is 3.18. The average molecular weight is 339 g/mol. The van der Waals surface area contributed by atoms with Crippen molar-refractivity contribution in [1.82, 2.24) is 5.32 Å². The van der Waals surface area contributed by atoms with Crippen LogP contribution in [0.1, 0.15) is 45.4 Å². The maximum atomic E-state index is 12.0. The third-order valence-corrected chi connectivity index (χ3v) is 6.01. The summed E-state index contributed by atoms with van der Waals surface area (Å²) in [6, 6.07) is 0.416. The number of carbonyl (C=O) groups excluding carboxylic acids is 1. The zero-order valence-electron chi connectivity index (χ0n) is 8.98. The van der Waals surface area contributed by atoms with Gasteiger partial charge in [-0.2, -0.15) is 0 Å². The molecule has 0 aliphatic heterocycles. The zero-order valence-corrected chi connectivity index (χ0v) is 12.2. The van der Waals surface area contributed by atoms with Crippen LogP contribution < -0.4 is 5.32 Å². The molecule has 1 amide bonds. The third kappa shape index (κ3) is 2.26. The first kappa shape index (κ1) is 11.9. The highest BCUT2D eigenvalue weighted by atomic mass is 79.9. The highest BCUT2D eigenvalue weighted by Crippen LogP contribution is 2.66. The summed E-state index contributed by atoms with van der Waals surface area (Å²) >= 11 is 7.06. The van der Waals surface area contributed by atoms with Gasteiger partial charge in [-0.05, 0) is 26.2 Å². The Morgan fingerprint density at radius 3 is 2.27 bits per heavy atom. The molecule has 1 unspecified atom stereocenters. The molecule has 0 saturated heterocycles. The lowest BCUT2D eigenvalue weighted by atomic mass is 9.95. The highest BCUT2D eigenvalue weighted by Gasteiger charge is 2.66. The van der Waals surface area contributed by atoms with E-state index in [2.05, 4.69) is 37.2 Å². The average Bonchev–Trinajstić information content (AvgIpc) is 2.69. The number of halogens is 2. The Kier molecular flexibility index (Phi) is 3.19. The van der Waals surface area contributed by atoms with Crippen molar-refractivity contribution in [2.75, 3.05) is 0 Å². The number of alkyl halides is 2. The highest BCUT2D eigenvalue weighted by molar-refractivity contribution is 9.25. The summed E-state index contributed by atoms with van der Waals surface area (Å²) in [7, 11) is 0. The molecule has 2 rings (SSSR count). The molecule has 0 radical (unpaired) electrons. The second kappa shape index (κ2) is 4.02. The lowest BCUT2D eigenvalue weighted by Crippen LogP contribution is -2.41. The molecule has 2 aliphatic carbocycles. The number of hydrogen-bond acceptors (Lipinski definition) is 1. The Hall–Kier alpha value is 0.430. The Morgan fingerprint density at radius 1 is 1.27 bits per heavy atom. The van der Waals surface area contributed by atoms with Crippen LogP contribution in [0.15, 0.2) is 0 Å². The molecule has 0 heterocycles. The smallest absolute Gasteiger partial charge is 0.228 e. The van der Waals surface area contributed by atoms with Gasteiger partial charge in [-0.15, -0.1) is 0 Å². The van der Waals surface area contributed by atoms with E-state index in [1.807, 2.05) is 6.92 Å². The van der Waals surface area contributed by atoms with Gasteiger partial charge < -0.3 is 5.32 Å². The molecule has 2 nitrogen and oxygen atoms in total. The molecule has 1 atom stereocenters. The molecule has 2 saturated carbocycles. The van der Waals surface area contributed by atoms with Crippen molar-refractivity contribution in [3.63, 3.8) is 0 Å².